The predicted molar refractivity (Wildman–Crippen MR) is 75.0 cm³/mol. The number of benzene rings is 1. The summed E-state index contributed by atoms with van der Waals surface area (Å²) < 4.78 is 1.17. The van der Waals surface area contributed by atoms with Crippen LogP contribution in [0.25, 0.3) is 0 Å². The molecule has 2 amide bonds. The Morgan fingerprint density at radius 2 is 2.19 bits per heavy atom. The van der Waals surface area contributed by atoms with Crippen LogP contribution in [0.5, 0.6) is 0 Å². The summed E-state index contributed by atoms with van der Waals surface area (Å²) in [5.41, 5.74) is 1.02. The molecule has 0 saturated heterocycles. The van der Waals surface area contributed by atoms with Crippen molar-refractivity contribution in [3.63, 3.8) is 0 Å². The highest BCUT2D eigenvalue weighted by Crippen LogP contribution is 2.14. The van der Waals surface area contributed by atoms with E-state index in [0.717, 1.165) is 0 Å². The van der Waals surface area contributed by atoms with E-state index in [1.54, 1.807) is 24.3 Å². The number of carbonyl (C=O) groups is 2. The summed E-state index contributed by atoms with van der Waals surface area (Å²) in [4.78, 5) is 22.2. The minimum Gasteiger partial charge on any atom is -0.480 e. The molecule has 1 aromatic heterocycles. The van der Waals surface area contributed by atoms with Gasteiger partial charge in [-0.25, -0.2) is 9.48 Å². The largest absolute Gasteiger partial charge is 0.480 e. The number of urea groups is 1. The average Bonchev–Trinajstić information content (AvgIpc) is 2.83. The zero-order valence-electron chi connectivity index (χ0n) is 10.8. The predicted octanol–water partition coefficient (Wildman–Crippen LogP) is 1.34. The number of nitrogens with zero attached hydrogens (tertiary/aromatic N) is 3. The van der Waals surface area contributed by atoms with Crippen molar-refractivity contribution in [3.8, 4) is 0 Å². The fraction of sp³-hybridized carbons (Fsp3) is 0.167. The first kappa shape index (κ1) is 14.8. The number of aromatic nitrogens is 3. The summed E-state index contributed by atoms with van der Waals surface area (Å²) in [6, 6.07) is 6.31. The van der Waals surface area contributed by atoms with Gasteiger partial charge < -0.3 is 15.7 Å². The molecular weight excluding hydrogens is 298 g/mol. The molecule has 0 unspecified atom stereocenters. The number of halogens is 1. The number of aliphatic carboxylic acids is 1. The number of anilines is 1. The van der Waals surface area contributed by atoms with Crippen LogP contribution >= 0.6 is 11.6 Å². The van der Waals surface area contributed by atoms with Gasteiger partial charge in [0.05, 0.1) is 12.7 Å². The van der Waals surface area contributed by atoms with Crippen molar-refractivity contribution in [2.75, 3.05) is 5.32 Å². The van der Waals surface area contributed by atoms with Gasteiger partial charge in [0.1, 0.15) is 12.2 Å². The molecule has 0 aliphatic carbocycles. The normalized spacial score (nSPS) is 10.1. The summed E-state index contributed by atoms with van der Waals surface area (Å²) in [7, 11) is 0. The van der Waals surface area contributed by atoms with Crippen molar-refractivity contribution >= 4 is 29.3 Å². The summed E-state index contributed by atoms with van der Waals surface area (Å²) in [5, 5.41) is 21.7. The third kappa shape index (κ3) is 4.77. The van der Waals surface area contributed by atoms with Gasteiger partial charge in [0, 0.05) is 10.7 Å². The van der Waals surface area contributed by atoms with Crippen LogP contribution < -0.4 is 10.6 Å². The standard InChI is InChI=1S/C12H12ClN5O3/c13-8-2-1-3-9(4-8)15-12(21)14-5-10-6-18(17-16-10)7-11(19)20/h1-4,6H,5,7H2,(H,19,20)(H2,14,15,21). The van der Waals surface area contributed by atoms with Gasteiger partial charge in [0.25, 0.3) is 0 Å². The van der Waals surface area contributed by atoms with Crippen LogP contribution in [0, 0.1) is 0 Å². The van der Waals surface area contributed by atoms with Crippen molar-refractivity contribution in [2.24, 2.45) is 0 Å². The Morgan fingerprint density at radius 1 is 1.38 bits per heavy atom. The van der Waals surface area contributed by atoms with Gasteiger partial charge >= 0.3 is 12.0 Å². The molecule has 2 aromatic rings. The number of carbonyl (C=O) groups excluding carboxylic acids is 1. The number of hydrogen-bond donors (Lipinski definition) is 3. The highest BCUT2D eigenvalue weighted by molar-refractivity contribution is 6.30. The van der Waals surface area contributed by atoms with Crippen LogP contribution in [0.4, 0.5) is 10.5 Å². The molecule has 0 bridgehead atoms. The fourth-order valence-electron chi connectivity index (χ4n) is 1.55. The Hall–Kier alpha value is -2.61. The summed E-state index contributed by atoms with van der Waals surface area (Å²) in [6.45, 7) is -0.145. The van der Waals surface area contributed by atoms with E-state index in [0.29, 0.717) is 16.4 Å². The van der Waals surface area contributed by atoms with Crippen molar-refractivity contribution in [2.45, 2.75) is 13.1 Å². The number of rotatable bonds is 5. The second-order valence-corrected chi connectivity index (χ2v) is 4.56. The lowest BCUT2D eigenvalue weighted by atomic mass is 10.3. The molecule has 8 nitrogen and oxygen atoms in total. The molecule has 0 aliphatic rings. The molecule has 0 spiro atoms. The third-order valence-electron chi connectivity index (χ3n) is 2.40. The number of nitrogens with one attached hydrogen (secondary N) is 2. The molecule has 1 heterocycles. The average molecular weight is 310 g/mol. The lowest BCUT2D eigenvalue weighted by Gasteiger charge is -2.06. The van der Waals surface area contributed by atoms with Crippen LogP contribution in [-0.2, 0) is 17.9 Å². The zero-order valence-corrected chi connectivity index (χ0v) is 11.5. The van der Waals surface area contributed by atoms with Crippen molar-refractivity contribution < 1.29 is 14.7 Å². The Balaban J connectivity index is 1.83. The van der Waals surface area contributed by atoms with Gasteiger partial charge in [-0.05, 0) is 18.2 Å². The first-order chi connectivity index (χ1) is 10.0. The molecule has 0 aliphatic heterocycles. The van der Waals surface area contributed by atoms with Gasteiger partial charge in [-0.2, -0.15) is 0 Å². The highest BCUT2D eigenvalue weighted by atomic mass is 35.5. The molecule has 0 radical (unpaired) electrons. The van der Waals surface area contributed by atoms with Crippen LogP contribution in [0.1, 0.15) is 5.69 Å². The smallest absolute Gasteiger partial charge is 0.325 e. The molecule has 9 heteroatoms. The quantitative estimate of drug-likeness (QED) is 0.772. The number of carboxylic acids is 1. The van der Waals surface area contributed by atoms with Crippen LogP contribution in [-0.4, -0.2) is 32.1 Å². The van der Waals surface area contributed by atoms with E-state index in [9.17, 15) is 9.59 Å². The number of hydrogen-bond acceptors (Lipinski definition) is 4. The van der Waals surface area contributed by atoms with E-state index in [1.165, 1.54) is 10.9 Å². The Kier molecular flexibility index (Phi) is 4.72. The molecule has 21 heavy (non-hydrogen) atoms. The lowest BCUT2D eigenvalue weighted by Crippen LogP contribution is -2.28. The second kappa shape index (κ2) is 6.71. The maximum atomic E-state index is 11.7. The first-order valence-corrected chi connectivity index (χ1v) is 6.32. The van der Waals surface area contributed by atoms with Gasteiger partial charge in [0.15, 0.2) is 0 Å². The van der Waals surface area contributed by atoms with E-state index in [2.05, 4.69) is 20.9 Å². The van der Waals surface area contributed by atoms with Crippen molar-refractivity contribution in [3.05, 3.63) is 41.2 Å². The fourth-order valence-corrected chi connectivity index (χ4v) is 1.74. The molecule has 0 atom stereocenters. The maximum absolute atomic E-state index is 11.7. The monoisotopic (exact) mass is 309 g/mol. The topological polar surface area (TPSA) is 109 Å². The van der Waals surface area contributed by atoms with Crippen LogP contribution in [0.2, 0.25) is 5.02 Å². The molecule has 3 N–H and O–H groups in total. The number of amides is 2. The van der Waals surface area contributed by atoms with Crippen molar-refractivity contribution in [1.29, 1.82) is 0 Å². The summed E-state index contributed by atoms with van der Waals surface area (Å²) in [5.74, 6) is -1.02. The minimum atomic E-state index is -1.02. The van der Waals surface area contributed by atoms with E-state index in [-0.39, 0.29) is 13.1 Å². The number of carboxylic acid groups (broad SMARTS) is 1. The Morgan fingerprint density at radius 3 is 2.90 bits per heavy atom. The molecular formula is C12H12ClN5O3. The van der Waals surface area contributed by atoms with E-state index < -0.39 is 12.0 Å². The third-order valence-corrected chi connectivity index (χ3v) is 2.63. The molecule has 2 rings (SSSR count). The van der Waals surface area contributed by atoms with E-state index in [4.69, 9.17) is 16.7 Å². The van der Waals surface area contributed by atoms with Gasteiger partial charge in [0.2, 0.25) is 0 Å². The van der Waals surface area contributed by atoms with Gasteiger partial charge in [-0.1, -0.05) is 22.9 Å². The molecule has 0 fully saturated rings. The first-order valence-electron chi connectivity index (χ1n) is 5.94. The maximum Gasteiger partial charge on any atom is 0.325 e. The Bertz CT molecular complexity index is 658. The van der Waals surface area contributed by atoms with E-state index >= 15 is 0 Å². The SMILES string of the molecule is O=C(O)Cn1cc(CNC(=O)Nc2cccc(Cl)c2)nn1. The van der Waals surface area contributed by atoms with Gasteiger partial charge in [-0.3, -0.25) is 4.79 Å². The molecule has 1 aromatic carbocycles. The second-order valence-electron chi connectivity index (χ2n) is 4.12. The Labute approximate surface area is 124 Å². The van der Waals surface area contributed by atoms with Gasteiger partial charge in [-0.15, -0.1) is 5.10 Å². The summed E-state index contributed by atoms with van der Waals surface area (Å²) in [6.07, 6.45) is 1.45. The minimum absolute atomic E-state index is 0.131. The lowest BCUT2D eigenvalue weighted by molar-refractivity contribution is -0.137. The van der Waals surface area contributed by atoms with Crippen molar-refractivity contribution in [1.82, 2.24) is 20.3 Å². The summed E-state index contributed by atoms with van der Waals surface area (Å²) >= 11 is 5.80. The van der Waals surface area contributed by atoms with Crippen LogP contribution in [0.3, 0.4) is 0 Å². The van der Waals surface area contributed by atoms with Crippen LogP contribution in [0.15, 0.2) is 30.5 Å². The zero-order chi connectivity index (χ0) is 15.2. The highest BCUT2D eigenvalue weighted by Gasteiger charge is 2.06. The molecule has 110 valence electrons. The van der Waals surface area contributed by atoms with E-state index in [1.807, 2.05) is 0 Å². The molecule has 0 saturated carbocycles.